The third-order valence-electron chi connectivity index (χ3n) is 3.66. The van der Waals surface area contributed by atoms with Gasteiger partial charge in [-0.25, -0.2) is 0 Å². The summed E-state index contributed by atoms with van der Waals surface area (Å²) in [4.78, 5) is 23.3. The largest absolute Gasteiger partial charge is 0.486 e. The molecule has 0 fully saturated rings. The molecule has 1 aliphatic rings. The van der Waals surface area contributed by atoms with E-state index in [4.69, 9.17) is 10.5 Å². The molecule has 0 radical (unpaired) electrons. The second-order valence-electron chi connectivity index (χ2n) is 4.67. The molecule has 0 saturated heterocycles. The van der Waals surface area contributed by atoms with Crippen molar-refractivity contribution in [3.63, 3.8) is 0 Å². The number of primary amides is 1. The maximum atomic E-state index is 12.2. The number of nitrogens with two attached hydrogens (primary N) is 1. The van der Waals surface area contributed by atoms with Crippen LogP contribution < -0.4 is 10.5 Å². The average Bonchev–Trinajstić information content (AvgIpc) is 2.38. The molecular formula is C14H17NO3. The summed E-state index contributed by atoms with van der Waals surface area (Å²) in [6.45, 7) is 4.03. The van der Waals surface area contributed by atoms with Crippen LogP contribution in [-0.4, -0.2) is 17.3 Å². The highest BCUT2D eigenvalue weighted by Gasteiger charge is 2.37. The van der Waals surface area contributed by atoms with E-state index in [0.29, 0.717) is 23.3 Å². The molecular weight excluding hydrogens is 230 g/mol. The maximum absolute atomic E-state index is 12.2. The van der Waals surface area contributed by atoms with Crippen LogP contribution in [0.1, 0.15) is 53.8 Å². The number of hydrogen-bond donors (Lipinski definition) is 1. The predicted octanol–water partition coefficient (Wildman–Crippen LogP) is 2.31. The minimum absolute atomic E-state index is 0.0167. The molecule has 1 amide bonds. The molecule has 1 heterocycles. The maximum Gasteiger partial charge on any atom is 0.248 e. The number of ketones is 1. The van der Waals surface area contributed by atoms with Crippen LogP contribution >= 0.6 is 0 Å². The minimum atomic E-state index is -0.534. The zero-order chi connectivity index (χ0) is 13.3. The van der Waals surface area contributed by atoms with E-state index >= 15 is 0 Å². The highest BCUT2D eigenvalue weighted by molar-refractivity contribution is 6.03. The van der Waals surface area contributed by atoms with Crippen molar-refractivity contribution >= 4 is 11.7 Å². The molecule has 2 rings (SSSR count). The zero-order valence-electron chi connectivity index (χ0n) is 10.7. The summed E-state index contributed by atoms with van der Waals surface area (Å²) < 4.78 is 5.95. The Morgan fingerprint density at radius 1 is 1.39 bits per heavy atom. The first-order chi connectivity index (χ1) is 8.51. The number of carbonyl (C=O) groups excluding carboxylic acids is 2. The van der Waals surface area contributed by atoms with E-state index in [1.165, 1.54) is 6.07 Å². The summed E-state index contributed by atoms with van der Waals surface area (Å²) in [6, 6.07) is 4.78. The quantitative estimate of drug-likeness (QED) is 0.891. The molecule has 0 saturated carbocycles. The fourth-order valence-electron chi connectivity index (χ4n) is 2.29. The van der Waals surface area contributed by atoms with Crippen molar-refractivity contribution < 1.29 is 14.3 Å². The number of Topliss-reactive ketones (excluding diaryl/α,β-unsaturated/α-hetero) is 1. The molecule has 0 bridgehead atoms. The van der Waals surface area contributed by atoms with E-state index in [0.717, 1.165) is 12.8 Å². The number of benzene rings is 1. The van der Waals surface area contributed by atoms with Gasteiger partial charge < -0.3 is 10.5 Å². The lowest BCUT2D eigenvalue weighted by Crippen LogP contribution is -2.41. The van der Waals surface area contributed by atoms with Crippen LogP contribution in [0.2, 0.25) is 0 Å². The molecule has 1 aromatic rings. The first kappa shape index (κ1) is 12.6. The molecule has 0 spiro atoms. The summed E-state index contributed by atoms with van der Waals surface area (Å²) in [5.41, 5.74) is 5.60. The fraction of sp³-hybridized carbons (Fsp3) is 0.429. The van der Waals surface area contributed by atoms with Crippen molar-refractivity contribution in [1.29, 1.82) is 0 Å². The molecule has 0 atom stereocenters. The lowest BCUT2D eigenvalue weighted by molar-refractivity contribution is 0.0350. The summed E-state index contributed by atoms with van der Waals surface area (Å²) >= 11 is 0. The van der Waals surface area contributed by atoms with Gasteiger partial charge in [-0.15, -0.1) is 0 Å². The number of ether oxygens (including phenoxy) is 1. The highest BCUT2D eigenvalue weighted by atomic mass is 16.5. The molecule has 4 heteroatoms. The summed E-state index contributed by atoms with van der Waals surface area (Å²) in [5.74, 6) is 0.0384. The standard InChI is InChI=1S/C14H17NO3/c1-3-14(4-2)8-11(16)10-7-9(13(15)17)5-6-12(10)18-14/h5-7H,3-4,8H2,1-2H3,(H2,15,17). The van der Waals surface area contributed by atoms with Crippen molar-refractivity contribution in [2.24, 2.45) is 5.73 Å². The van der Waals surface area contributed by atoms with Crippen LogP contribution in [0.25, 0.3) is 0 Å². The number of rotatable bonds is 3. The predicted molar refractivity (Wildman–Crippen MR) is 67.8 cm³/mol. The monoisotopic (exact) mass is 247 g/mol. The summed E-state index contributed by atoms with van der Waals surface area (Å²) in [7, 11) is 0. The van der Waals surface area contributed by atoms with Crippen LogP contribution in [0.15, 0.2) is 18.2 Å². The number of amides is 1. The van der Waals surface area contributed by atoms with Crippen molar-refractivity contribution in [2.75, 3.05) is 0 Å². The Kier molecular flexibility index (Phi) is 3.11. The van der Waals surface area contributed by atoms with Crippen LogP contribution in [0.3, 0.4) is 0 Å². The van der Waals surface area contributed by atoms with Gasteiger partial charge in [-0.2, -0.15) is 0 Å². The Morgan fingerprint density at radius 2 is 2.06 bits per heavy atom. The van der Waals surface area contributed by atoms with Gasteiger partial charge in [0.25, 0.3) is 0 Å². The number of hydrogen-bond acceptors (Lipinski definition) is 3. The van der Waals surface area contributed by atoms with Gasteiger partial charge in [0.15, 0.2) is 5.78 Å². The lowest BCUT2D eigenvalue weighted by Gasteiger charge is -2.36. The fourth-order valence-corrected chi connectivity index (χ4v) is 2.29. The van der Waals surface area contributed by atoms with Crippen LogP contribution in [0.5, 0.6) is 5.75 Å². The third kappa shape index (κ3) is 1.98. The molecule has 0 aromatic heterocycles. The minimum Gasteiger partial charge on any atom is -0.486 e. The lowest BCUT2D eigenvalue weighted by atomic mass is 9.85. The average molecular weight is 247 g/mol. The van der Waals surface area contributed by atoms with E-state index in [2.05, 4.69) is 0 Å². The van der Waals surface area contributed by atoms with E-state index in [9.17, 15) is 9.59 Å². The van der Waals surface area contributed by atoms with Crippen molar-refractivity contribution in [3.05, 3.63) is 29.3 Å². The van der Waals surface area contributed by atoms with Crippen molar-refractivity contribution in [3.8, 4) is 5.75 Å². The molecule has 2 N–H and O–H groups in total. The molecule has 1 aromatic carbocycles. The van der Waals surface area contributed by atoms with Crippen molar-refractivity contribution in [2.45, 2.75) is 38.7 Å². The Bertz CT molecular complexity index is 504. The van der Waals surface area contributed by atoms with Gasteiger partial charge in [0.2, 0.25) is 5.91 Å². The van der Waals surface area contributed by atoms with E-state index in [1.807, 2.05) is 13.8 Å². The second-order valence-corrected chi connectivity index (χ2v) is 4.67. The third-order valence-corrected chi connectivity index (χ3v) is 3.66. The molecule has 1 aliphatic heterocycles. The van der Waals surface area contributed by atoms with Gasteiger partial charge in [-0.1, -0.05) is 13.8 Å². The smallest absolute Gasteiger partial charge is 0.248 e. The normalized spacial score (nSPS) is 16.9. The zero-order valence-corrected chi connectivity index (χ0v) is 10.7. The topological polar surface area (TPSA) is 69.4 Å². The Labute approximate surface area is 106 Å². The van der Waals surface area contributed by atoms with Gasteiger partial charge in [-0.3, -0.25) is 9.59 Å². The van der Waals surface area contributed by atoms with Crippen LogP contribution in [-0.2, 0) is 0 Å². The Hall–Kier alpha value is -1.84. The molecule has 0 unspecified atom stereocenters. The number of fused-ring (bicyclic) bond motifs is 1. The van der Waals surface area contributed by atoms with Crippen molar-refractivity contribution in [1.82, 2.24) is 0 Å². The molecule has 18 heavy (non-hydrogen) atoms. The van der Waals surface area contributed by atoms with E-state index < -0.39 is 11.5 Å². The van der Waals surface area contributed by atoms with Gasteiger partial charge in [0.1, 0.15) is 11.4 Å². The summed E-state index contributed by atoms with van der Waals surface area (Å²) in [5, 5.41) is 0. The molecule has 96 valence electrons. The highest BCUT2D eigenvalue weighted by Crippen LogP contribution is 2.37. The Balaban J connectivity index is 2.45. The van der Waals surface area contributed by atoms with E-state index in [-0.39, 0.29) is 5.78 Å². The summed E-state index contributed by atoms with van der Waals surface area (Å²) in [6.07, 6.45) is 1.92. The molecule has 4 nitrogen and oxygen atoms in total. The first-order valence-corrected chi connectivity index (χ1v) is 6.17. The van der Waals surface area contributed by atoms with Gasteiger partial charge in [0, 0.05) is 5.56 Å². The van der Waals surface area contributed by atoms with Crippen LogP contribution in [0.4, 0.5) is 0 Å². The second kappa shape index (κ2) is 4.44. The first-order valence-electron chi connectivity index (χ1n) is 6.17. The van der Waals surface area contributed by atoms with Gasteiger partial charge in [0.05, 0.1) is 12.0 Å². The van der Waals surface area contributed by atoms with Gasteiger partial charge >= 0.3 is 0 Å². The SMILES string of the molecule is CCC1(CC)CC(=O)c2cc(C(N)=O)ccc2O1. The Morgan fingerprint density at radius 3 is 2.61 bits per heavy atom. The van der Waals surface area contributed by atoms with E-state index in [1.54, 1.807) is 12.1 Å². The van der Waals surface area contributed by atoms with Crippen LogP contribution in [0, 0.1) is 0 Å². The number of carbonyl (C=O) groups is 2. The molecule has 0 aliphatic carbocycles. The van der Waals surface area contributed by atoms with Gasteiger partial charge in [-0.05, 0) is 31.0 Å².